The molecule has 45 heavy (non-hydrogen) atoms. The van der Waals surface area contributed by atoms with E-state index in [2.05, 4.69) is 25.3 Å². The van der Waals surface area contributed by atoms with Crippen molar-refractivity contribution in [2.45, 2.75) is 25.8 Å². The highest BCUT2D eigenvalue weighted by atomic mass is 35.5. The number of anilines is 2. The summed E-state index contributed by atoms with van der Waals surface area (Å²) in [5.41, 5.74) is 8.31. The molecule has 3 N–H and O–H groups in total. The van der Waals surface area contributed by atoms with E-state index in [1.54, 1.807) is 18.3 Å². The Labute approximate surface area is 268 Å². The molecule has 0 aliphatic carbocycles. The number of rotatable bonds is 6. The maximum Gasteiger partial charge on any atom is 0.332 e. The molecule has 1 fully saturated rings. The Bertz CT molecular complexity index is 1960. The molecule has 0 amide bonds. The summed E-state index contributed by atoms with van der Waals surface area (Å²) in [6.07, 6.45) is 6.79. The number of aryl methyl sites for hydroxylation is 1. The topological polar surface area (TPSA) is 152 Å². The van der Waals surface area contributed by atoms with Gasteiger partial charge in [0, 0.05) is 50.5 Å². The average molecular weight is 652 g/mol. The smallest absolute Gasteiger partial charge is 0.332 e. The molecule has 0 spiro atoms. The second kappa shape index (κ2) is 14.2. The van der Waals surface area contributed by atoms with Gasteiger partial charge >= 0.3 is 5.69 Å². The number of ether oxygens (including phenoxy) is 2. The van der Waals surface area contributed by atoms with Crippen LogP contribution in [0, 0.1) is 0 Å². The molecule has 2 aromatic carbocycles. The molecule has 14 heteroatoms. The maximum absolute atomic E-state index is 12.9. The van der Waals surface area contributed by atoms with Crippen molar-refractivity contribution in [2.75, 3.05) is 25.6 Å². The summed E-state index contributed by atoms with van der Waals surface area (Å²) < 4.78 is 12.7. The summed E-state index contributed by atoms with van der Waals surface area (Å²) in [7, 11) is 4.43. The van der Waals surface area contributed by atoms with Crippen LogP contribution in [0.25, 0.3) is 33.4 Å². The number of hydrogen-bond acceptors (Lipinski definition) is 10. The Morgan fingerprint density at radius 2 is 1.62 bits per heavy atom. The average Bonchev–Trinajstić information content (AvgIpc) is 3.08. The number of nitrogens with zero attached hydrogens (tertiary/aromatic N) is 6. The lowest BCUT2D eigenvalue weighted by molar-refractivity contribution is 0.0968. The van der Waals surface area contributed by atoms with Crippen LogP contribution in [0.1, 0.15) is 25.0 Å². The van der Waals surface area contributed by atoms with Gasteiger partial charge in [0.1, 0.15) is 23.2 Å². The molecule has 1 aliphatic heterocycles. The van der Waals surface area contributed by atoms with E-state index in [9.17, 15) is 9.59 Å². The van der Waals surface area contributed by atoms with Crippen molar-refractivity contribution in [2.24, 2.45) is 19.8 Å². The van der Waals surface area contributed by atoms with Crippen molar-refractivity contribution in [1.29, 1.82) is 0 Å². The zero-order chi connectivity index (χ0) is 32.1. The molecule has 0 radical (unpaired) electrons. The minimum absolute atomic E-state index is 0.150. The summed E-state index contributed by atoms with van der Waals surface area (Å²) in [5, 5.41) is 4.03. The van der Waals surface area contributed by atoms with Gasteiger partial charge in [0.15, 0.2) is 5.65 Å². The first-order chi connectivity index (χ1) is 21.8. The summed E-state index contributed by atoms with van der Waals surface area (Å²) in [4.78, 5) is 42.5. The number of methoxy groups -OCH3 is 1. The summed E-state index contributed by atoms with van der Waals surface area (Å²) in [6.45, 7) is 2.18. The fourth-order valence-electron chi connectivity index (χ4n) is 4.91. The third-order valence-electron chi connectivity index (χ3n) is 7.33. The first-order valence-corrected chi connectivity index (χ1v) is 15.0. The van der Waals surface area contributed by atoms with E-state index < -0.39 is 11.2 Å². The van der Waals surface area contributed by atoms with Crippen LogP contribution in [0.4, 0.5) is 11.5 Å². The van der Waals surface area contributed by atoms with E-state index in [4.69, 9.17) is 38.4 Å². The number of nitrogens with two attached hydrogens (primary N) is 1. The molecule has 0 saturated carbocycles. The van der Waals surface area contributed by atoms with Gasteiger partial charge in [-0.05, 0) is 25.3 Å². The number of fused-ring (bicyclic) bond motifs is 1. The zero-order valence-electron chi connectivity index (χ0n) is 25.0. The fraction of sp³-hybridized carbons (Fsp3) is 0.290. The Morgan fingerprint density at radius 3 is 2.27 bits per heavy atom. The molecule has 234 valence electrons. The van der Waals surface area contributed by atoms with Crippen molar-refractivity contribution in [3.63, 3.8) is 0 Å². The van der Waals surface area contributed by atoms with Gasteiger partial charge in [-0.2, -0.15) is 0 Å². The molecule has 4 heterocycles. The first kappa shape index (κ1) is 32.0. The van der Waals surface area contributed by atoms with E-state index >= 15 is 0 Å². The SMILES string of the molecule is C1CCOCC1.COc1nc(-c2cccc(-c3cccc(Nc4ncnc5c4c(=O)n(C)c(=O)n5C)c3Cl)c2Cl)cnc1CN. The van der Waals surface area contributed by atoms with Crippen molar-refractivity contribution < 1.29 is 9.47 Å². The molecule has 12 nitrogen and oxygen atoms in total. The molecule has 3 aromatic heterocycles. The summed E-state index contributed by atoms with van der Waals surface area (Å²) >= 11 is 13.7. The van der Waals surface area contributed by atoms with Crippen LogP contribution in [0.5, 0.6) is 5.88 Å². The Balaban J connectivity index is 0.000000598. The lowest BCUT2D eigenvalue weighted by atomic mass is 10.0. The van der Waals surface area contributed by atoms with Gasteiger partial charge in [0.25, 0.3) is 5.56 Å². The molecular formula is C31H32Cl2N8O4. The second-order valence-corrected chi connectivity index (χ2v) is 10.9. The Hall–Kier alpha value is -4.36. The lowest BCUT2D eigenvalue weighted by Gasteiger charge is -2.15. The van der Waals surface area contributed by atoms with Gasteiger partial charge in [0.05, 0.1) is 34.7 Å². The molecule has 0 atom stereocenters. The van der Waals surface area contributed by atoms with Gasteiger partial charge in [-0.15, -0.1) is 0 Å². The van der Waals surface area contributed by atoms with Crippen LogP contribution in [0.3, 0.4) is 0 Å². The van der Waals surface area contributed by atoms with Crippen LogP contribution >= 0.6 is 23.2 Å². The quantitative estimate of drug-likeness (QED) is 0.261. The highest BCUT2D eigenvalue weighted by molar-refractivity contribution is 6.39. The summed E-state index contributed by atoms with van der Waals surface area (Å²) in [6, 6.07) is 10.8. The molecule has 0 unspecified atom stereocenters. The largest absolute Gasteiger partial charge is 0.480 e. The molecular weight excluding hydrogens is 619 g/mol. The summed E-state index contributed by atoms with van der Waals surface area (Å²) in [5.74, 6) is 0.527. The number of hydrogen-bond donors (Lipinski definition) is 2. The van der Waals surface area contributed by atoms with Gasteiger partial charge in [0.2, 0.25) is 5.88 Å². The monoisotopic (exact) mass is 650 g/mol. The van der Waals surface area contributed by atoms with E-state index in [0.29, 0.717) is 49.7 Å². The van der Waals surface area contributed by atoms with Crippen molar-refractivity contribution in [3.8, 4) is 28.3 Å². The number of aromatic nitrogens is 6. The molecule has 5 aromatic rings. The standard InChI is InChI=1S/C26H22Cl2N8O3.C5H10O/c1-35-23-19(25(37)36(2)26(35)38)22(31-12-32-23)33-16-9-5-7-14(21(16)28)13-6-4-8-15(20(13)27)18-11-30-17(10-29)24(34-18)39-3;1-2-4-6-5-3-1/h4-9,11-12H,10,29H2,1-3H3,(H,31,32,33);1-5H2. The fourth-order valence-corrected chi connectivity index (χ4v) is 5.51. The Kier molecular flexibility index (Phi) is 10.1. The van der Waals surface area contributed by atoms with E-state index in [1.165, 1.54) is 51.4 Å². The van der Waals surface area contributed by atoms with Gasteiger partial charge in [-0.25, -0.2) is 19.7 Å². The highest BCUT2D eigenvalue weighted by Crippen LogP contribution is 2.41. The minimum Gasteiger partial charge on any atom is -0.480 e. The number of halogens is 2. The molecule has 1 saturated heterocycles. The minimum atomic E-state index is -0.531. The predicted octanol–water partition coefficient (Wildman–Crippen LogP) is 4.86. The van der Waals surface area contributed by atoms with Crippen LogP contribution in [-0.4, -0.2) is 49.4 Å². The molecule has 0 bridgehead atoms. The van der Waals surface area contributed by atoms with E-state index in [-0.39, 0.29) is 23.4 Å². The van der Waals surface area contributed by atoms with E-state index in [1.807, 2.05) is 24.3 Å². The second-order valence-electron chi connectivity index (χ2n) is 10.2. The Morgan fingerprint density at radius 1 is 0.933 bits per heavy atom. The van der Waals surface area contributed by atoms with Crippen molar-refractivity contribution >= 4 is 45.7 Å². The van der Waals surface area contributed by atoms with Crippen molar-refractivity contribution in [3.05, 3.63) is 85.5 Å². The maximum atomic E-state index is 12.9. The molecule has 1 aliphatic rings. The number of nitrogens with one attached hydrogen (secondary N) is 1. The van der Waals surface area contributed by atoms with Gasteiger partial charge in [-0.3, -0.25) is 18.9 Å². The zero-order valence-corrected chi connectivity index (χ0v) is 26.5. The third-order valence-corrected chi connectivity index (χ3v) is 8.14. The van der Waals surface area contributed by atoms with Crippen LogP contribution in [-0.2, 0) is 25.4 Å². The van der Waals surface area contributed by atoms with Crippen LogP contribution < -0.4 is 27.0 Å². The lowest BCUT2D eigenvalue weighted by Crippen LogP contribution is -2.37. The van der Waals surface area contributed by atoms with Crippen LogP contribution in [0.2, 0.25) is 10.0 Å². The molecule has 6 rings (SSSR count). The third kappa shape index (κ3) is 6.54. The normalized spacial score (nSPS) is 12.8. The van der Waals surface area contributed by atoms with E-state index in [0.717, 1.165) is 17.8 Å². The number of benzene rings is 2. The van der Waals surface area contributed by atoms with Gasteiger partial charge in [-0.1, -0.05) is 53.5 Å². The van der Waals surface area contributed by atoms with Gasteiger partial charge < -0.3 is 20.5 Å². The predicted molar refractivity (Wildman–Crippen MR) is 175 cm³/mol. The first-order valence-electron chi connectivity index (χ1n) is 14.2. The van der Waals surface area contributed by atoms with Crippen LogP contribution in [0.15, 0.2) is 58.5 Å². The van der Waals surface area contributed by atoms with Crippen molar-refractivity contribution in [1.82, 2.24) is 29.1 Å². The highest BCUT2D eigenvalue weighted by Gasteiger charge is 2.19.